The molecule has 1 amide bonds. The molecule has 2 saturated heterocycles. The minimum atomic E-state index is -4.36. The Morgan fingerprint density at radius 2 is 1.96 bits per heavy atom. The highest BCUT2D eigenvalue weighted by atomic mass is 19.4. The monoisotopic (exact) mass is 372 g/mol. The quantitative estimate of drug-likeness (QED) is 0.872. The molecule has 4 rings (SSSR count). The van der Waals surface area contributed by atoms with Crippen molar-refractivity contribution in [1.82, 2.24) is 19.6 Å². The maximum Gasteiger partial charge on any atom is 0.408 e. The van der Waals surface area contributed by atoms with Gasteiger partial charge in [-0.25, -0.2) is 0 Å². The van der Waals surface area contributed by atoms with E-state index in [-0.39, 0.29) is 24.0 Å². The Balaban J connectivity index is 1.48. The van der Waals surface area contributed by atoms with Gasteiger partial charge in [0.2, 0.25) is 0 Å². The van der Waals surface area contributed by atoms with Gasteiger partial charge in [-0.05, 0) is 25.7 Å². The first-order chi connectivity index (χ1) is 12.3. The molecule has 3 aliphatic rings. The minimum Gasteiger partial charge on any atom is -0.392 e. The second kappa shape index (κ2) is 6.53. The fourth-order valence-corrected chi connectivity index (χ4v) is 4.14. The van der Waals surface area contributed by atoms with Gasteiger partial charge in [0.25, 0.3) is 5.91 Å². The fraction of sp³-hybridized carbons (Fsp3) is 0.765. The predicted molar refractivity (Wildman–Crippen MR) is 86.8 cm³/mol. The van der Waals surface area contributed by atoms with Gasteiger partial charge < -0.3 is 10.0 Å². The number of nitrogens with zero attached hydrogens (tertiary/aromatic N) is 4. The van der Waals surface area contributed by atoms with Crippen LogP contribution in [-0.4, -0.2) is 75.1 Å². The lowest BCUT2D eigenvalue weighted by molar-refractivity contribution is -0.143. The molecule has 2 atom stereocenters. The summed E-state index contributed by atoms with van der Waals surface area (Å²) in [5.41, 5.74) is 0.756. The number of hydrogen-bond acceptors (Lipinski definition) is 4. The molecule has 0 aromatic carbocycles. The van der Waals surface area contributed by atoms with Crippen LogP contribution in [0.5, 0.6) is 0 Å². The van der Waals surface area contributed by atoms with Crippen LogP contribution in [0, 0.1) is 0 Å². The van der Waals surface area contributed by atoms with Crippen LogP contribution in [-0.2, 0) is 6.54 Å². The summed E-state index contributed by atoms with van der Waals surface area (Å²) in [6, 6.07) is 0.214. The average Bonchev–Trinajstić information content (AvgIpc) is 2.98. The van der Waals surface area contributed by atoms with E-state index in [1.165, 1.54) is 6.20 Å². The molecule has 144 valence electrons. The maximum atomic E-state index is 12.9. The second-order valence-electron chi connectivity index (χ2n) is 7.62. The molecule has 6 nitrogen and oxygen atoms in total. The van der Waals surface area contributed by atoms with Gasteiger partial charge in [0.1, 0.15) is 6.54 Å². The molecule has 2 unspecified atom stereocenters. The van der Waals surface area contributed by atoms with Gasteiger partial charge in [0.05, 0.1) is 23.6 Å². The first kappa shape index (κ1) is 17.8. The van der Waals surface area contributed by atoms with E-state index in [4.69, 9.17) is 0 Å². The first-order valence-electron chi connectivity index (χ1n) is 9.15. The number of aliphatic hydroxyl groups excluding tert-OH is 1. The van der Waals surface area contributed by atoms with Crippen molar-refractivity contribution < 1.29 is 23.1 Å². The van der Waals surface area contributed by atoms with Crippen molar-refractivity contribution in [2.24, 2.45) is 0 Å². The highest BCUT2D eigenvalue weighted by Crippen LogP contribution is 2.42. The number of alkyl halides is 3. The van der Waals surface area contributed by atoms with E-state index in [9.17, 15) is 23.1 Å². The number of amides is 1. The molecule has 2 aliphatic heterocycles. The summed E-state index contributed by atoms with van der Waals surface area (Å²) in [7, 11) is 0. The van der Waals surface area contributed by atoms with Crippen molar-refractivity contribution in [1.29, 1.82) is 0 Å². The van der Waals surface area contributed by atoms with E-state index in [1.54, 1.807) is 4.90 Å². The molecule has 1 N–H and O–H groups in total. The van der Waals surface area contributed by atoms with Crippen LogP contribution in [0.25, 0.3) is 0 Å². The molecule has 0 bridgehead atoms. The Hall–Kier alpha value is -1.61. The SMILES string of the molecule is O=C(c1cnn(CC(F)(F)F)c1C1CC1)N1CCC(N2CCC(O)C2)C1. The summed E-state index contributed by atoms with van der Waals surface area (Å²) in [5.74, 6) is -0.214. The van der Waals surface area contributed by atoms with Gasteiger partial charge in [0.15, 0.2) is 0 Å². The summed E-state index contributed by atoms with van der Waals surface area (Å²) in [6.07, 6.45) is -0.174. The maximum absolute atomic E-state index is 12.9. The van der Waals surface area contributed by atoms with Gasteiger partial charge in [-0.2, -0.15) is 18.3 Å². The number of rotatable bonds is 4. The van der Waals surface area contributed by atoms with Crippen LogP contribution in [0.3, 0.4) is 0 Å². The summed E-state index contributed by atoms with van der Waals surface area (Å²) in [6.45, 7) is 1.44. The summed E-state index contributed by atoms with van der Waals surface area (Å²) < 4.78 is 39.3. The highest BCUT2D eigenvalue weighted by molar-refractivity contribution is 5.95. The number of β-amino-alcohol motifs (C(OH)–C–C–N with tert-alkyl or cyclic N) is 1. The van der Waals surface area contributed by atoms with Gasteiger partial charge >= 0.3 is 6.18 Å². The number of carbonyl (C=O) groups excluding carboxylic acids is 1. The van der Waals surface area contributed by atoms with Crippen LogP contribution in [0.4, 0.5) is 13.2 Å². The first-order valence-corrected chi connectivity index (χ1v) is 9.15. The largest absolute Gasteiger partial charge is 0.408 e. The fourth-order valence-electron chi connectivity index (χ4n) is 4.14. The molecule has 0 radical (unpaired) electrons. The van der Waals surface area contributed by atoms with E-state index >= 15 is 0 Å². The number of carbonyl (C=O) groups is 1. The van der Waals surface area contributed by atoms with Crippen LogP contribution >= 0.6 is 0 Å². The number of aliphatic hydroxyl groups is 1. The molecule has 3 fully saturated rings. The Kier molecular flexibility index (Phi) is 4.46. The number of halogens is 3. The summed E-state index contributed by atoms with van der Waals surface area (Å²) in [5, 5.41) is 13.6. The topological polar surface area (TPSA) is 61.6 Å². The standard InChI is InChI=1S/C17H23F3N4O2/c18-17(19,20)10-24-15(11-1-2-11)14(7-21-24)16(26)23-5-3-12(8-23)22-6-4-13(25)9-22/h7,11-13,25H,1-6,8-10H2. The van der Waals surface area contributed by atoms with Crippen LogP contribution in [0.1, 0.15) is 47.7 Å². The highest BCUT2D eigenvalue weighted by Gasteiger charge is 2.39. The molecular formula is C17H23F3N4O2. The molecule has 9 heteroatoms. The molecule has 3 heterocycles. The van der Waals surface area contributed by atoms with E-state index in [0.717, 1.165) is 36.9 Å². The Morgan fingerprint density at radius 3 is 2.58 bits per heavy atom. The van der Waals surface area contributed by atoms with Crippen LogP contribution in [0.2, 0.25) is 0 Å². The third kappa shape index (κ3) is 3.59. The molecule has 1 aromatic heterocycles. The zero-order chi connectivity index (χ0) is 18.5. The average molecular weight is 372 g/mol. The Morgan fingerprint density at radius 1 is 1.19 bits per heavy atom. The zero-order valence-electron chi connectivity index (χ0n) is 14.5. The molecule has 1 aliphatic carbocycles. The molecular weight excluding hydrogens is 349 g/mol. The normalized spacial score (nSPS) is 27.5. The van der Waals surface area contributed by atoms with Gasteiger partial charge in [-0.1, -0.05) is 0 Å². The smallest absolute Gasteiger partial charge is 0.392 e. The van der Waals surface area contributed by atoms with E-state index in [2.05, 4.69) is 10.00 Å². The van der Waals surface area contributed by atoms with E-state index < -0.39 is 12.7 Å². The summed E-state index contributed by atoms with van der Waals surface area (Å²) in [4.78, 5) is 16.8. The van der Waals surface area contributed by atoms with Crippen molar-refractivity contribution in [3.8, 4) is 0 Å². The van der Waals surface area contributed by atoms with Crippen molar-refractivity contribution in [3.05, 3.63) is 17.5 Å². The Bertz CT molecular complexity index is 686. The number of likely N-dealkylation sites (tertiary alicyclic amines) is 2. The zero-order valence-corrected chi connectivity index (χ0v) is 14.5. The third-order valence-corrected chi connectivity index (χ3v) is 5.57. The van der Waals surface area contributed by atoms with Gasteiger partial charge in [-0.3, -0.25) is 14.4 Å². The van der Waals surface area contributed by atoms with Crippen molar-refractivity contribution >= 4 is 5.91 Å². The second-order valence-corrected chi connectivity index (χ2v) is 7.62. The minimum absolute atomic E-state index is 0.00549. The molecule has 1 saturated carbocycles. The van der Waals surface area contributed by atoms with Crippen molar-refractivity contribution in [2.45, 2.75) is 56.5 Å². The van der Waals surface area contributed by atoms with Crippen LogP contribution in [0.15, 0.2) is 6.20 Å². The lowest BCUT2D eigenvalue weighted by Gasteiger charge is -2.24. The lowest BCUT2D eigenvalue weighted by atomic mass is 10.1. The molecule has 26 heavy (non-hydrogen) atoms. The third-order valence-electron chi connectivity index (χ3n) is 5.57. The molecule has 1 aromatic rings. The van der Waals surface area contributed by atoms with Crippen molar-refractivity contribution in [2.75, 3.05) is 26.2 Å². The van der Waals surface area contributed by atoms with Crippen LogP contribution < -0.4 is 0 Å². The van der Waals surface area contributed by atoms with Crippen molar-refractivity contribution in [3.63, 3.8) is 0 Å². The van der Waals surface area contributed by atoms with E-state index in [0.29, 0.717) is 30.9 Å². The Labute approximate surface area is 149 Å². The summed E-state index contributed by atoms with van der Waals surface area (Å²) >= 11 is 0. The molecule has 0 spiro atoms. The van der Waals surface area contributed by atoms with Gasteiger partial charge in [-0.15, -0.1) is 0 Å². The lowest BCUT2D eigenvalue weighted by Crippen LogP contribution is -2.38. The number of hydrogen-bond donors (Lipinski definition) is 1. The predicted octanol–water partition coefficient (Wildman–Crippen LogP) is 1.60. The van der Waals surface area contributed by atoms with E-state index in [1.807, 2.05) is 0 Å². The number of aromatic nitrogens is 2. The van der Waals surface area contributed by atoms with Gasteiger partial charge in [0, 0.05) is 38.1 Å².